The predicted octanol–water partition coefficient (Wildman–Crippen LogP) is 6.47. The third-order valence-electron chi connectivity index (χ3n) is 6.89. The highest BCUT2D eigenvalue weighted by Gasteiger charge is 2.31. The molecule has 1 aliphatic rings. The molecule has 0 aromatic heterocycles. The van der Waals surface area contributed by atoms with Crippen LogP contribution in [0.3, 0.4) is 0 Å². The smallest absolute Gasteiger partial charge is 0.302 e. The van der Waals surface area contributed by atoms with E-state index in [-0.39, 0.29) is 28.5 Å². The molecule has 1 unspecified atom stereocenters. The fourth-order valence-electron chi connectivity index (χ4n) is 4.85. The Hall–Kier alpha value is -3.78. The van der Waals surface area contributed by atoms with Gasteiger partial charge in [0.25, 0.3) is 5.24 Å². The quantitative estimate of drug-likeness (QED) is 0.268. The van der Waals surface area contributed by atoms with Crippen molar-refractivity contribution in [2.45, 2.75) is 65.4 Å². The van der Waals surface area contributed by atoms with Gasteiger partial charge in [0.2, 0.25) is 5.91 Å². The van der Waals surface area contributed by atoms with Gasteiger partial charge in [-0.05, 0) is 97.3 Å². The van der Waals surface area contributed by atoms with Crippen molar-refractivity contribution in [1.29, 1.82) is 0 Å². The minimum absolute atomic E-state index is 0.185. The Labute approximate surface area is 239 Å². The zero-order chi connectivity index (χ0) is 28.8. The van der Waals surface area contributed by atoms with Crippen LogP contribution >= 0.6 is 11.8 Å². The number of ether oxygens (including phenoxy) is 3. The van der Waals surface area contributed by atoms with E-state index in [1.807, 2.05) is 43.3 Å². The van der Waals surface area contributed by atoms with Crippen LogP contribution in [-0.4, -0.2) is 35.1 Å². The molecule has 2 atom stereocenters. The van der Waals surface area contributed by atoms with Crippen molar-refractivity contribution in [3.05, 3.63) is 82.4 Å². The highest BCUT2D eigenvalue weighted by Crippen LogP contribution is 2.34. The number of thioether (sulfide) groups is 1. The molecule has 210 valence electrons. The van der Waals surface area contributed by atoms with Crippen LogP contribution in [0.15, 0.2) is 54.6 Å². The second kappa shape index (κ2) is 13.0. The molecule has 4 rings (SSSR count). The normalized spacial score (nSPS) is 15.5. The molecular weight excluding hydrogens is 526 g/mol. The van der Waals surface area contributed by atoms with E-state index in [9.17, 15) is 14.4 Å². The van der Waals surface area contributed by atoms with Crippen molar-refractivity contribution in [2.75, 3.05) is 6.61 Å². The molecule has 8 heteroatoms. The van der Waals surface area contributed by atoms with E-state index in [2.05, 4.69) is 44.3 Å². The van der Waals surface area contributed by atoms with Crippen LogP contribution in [-0.2, 0) is 27.4 Å². The lowest BCUT2D eigenvalue weighted by Gasteiger charge is -2.18. The summed E-state index contributed by atoms with van der Waals surface area (Å²) < 4.78 is 17.2. The molecular formula is C32H35NO6S. The monoisotopic (exact) mass is 561 g/mol. The number of amides is 2. The van der Waals surface area contributed by atoms with Gasteiger partial charge in [0.15, 0.2) is 0 Å². The van der Waals surface area contributed by atoms with E-state index >= 15 is 0 Å². The Morgan fingerprint density at radius 2 is 1.68 bits per heavy atom. The van der Waals surface area contributed by atoms with E-state index in [4.69, 9.17) is 14.2 Å². The Bertz CT molecular complexity index is 1380. The summed E-state index contributed by atoms with van der Waals surface area (Å²) in [4.78, 5) is 34.3. The maximum Gasteiger partial charge on any atom is 0.302 e. The Balaban J connectivity index is 1.40. The second-order valence-electron chi connectivity index (χ2n) is 10.1. The molecule has 2 amide bonds. The molecule has 40 heavy (non-hydrogen) atoms. The van der Waals surface area contributed by atoms with Crippen molar-refractivity contribution < 1.29 is 28.6 Å². The second-order valence-corrected chi connectivity index (χ2v) is 11.3. The SMILES string of the molecule is CC(=O)O[C@H](C)CCOc1cc(C)c(-c2cccc(COc3ccc(CC4SC(=O)NC4=O)cc3)c2C)c(C)c1. The molecule has 1 saturated heterocycles. The highest BCUT2D eigenvalue weighted by atomic mass is 32.2. The molecule has 0 bridgehead atoms. The zero-order valence-electron chi connectivity index (χ0n) is 23.5. The van der Waals surface area contributed by atoms with E-state index in [1.54, 1.807) is 0 Å². The van der Waals surface area contributed by atoms with Crippen molar-refractivity contribution in [2.24, 2.45) is 0 Å². The maximum atomic E-state index is 11.8. The number of hydrogen-bond acceptors (Lipinski definition) is 7. The number of esters is 1. The van der Waals surface area contributed by atoms with Crippen molar-refractivity contribution >= 4 is 28.9 Å². The molecule has 1 N–H and O–H groups in total. The molecule has 0 spiro atoms. The van der Waals surface area contributed by atoms with Crippen LogP contribution in [0.1, 0.15) is 48.1 Å². The van der Waals surface area contributed by atoms with Gasteiger partial charge in [0, 0.05) is 13.3 Å². The van der Waals surface area contributed by atoms with Gasteiger partial charge in [-0.3, -0.25) is 19.7 Å². The number of carbonyl (C=O) groups excluding carboxylic acids is 3. The van der Waals surface area contributed by atoms with Crippen LogP contribution in [0.4, 0.5) is 4.79 Å². The molecule has 0 aliphatic carbocycles. The number of nitrogens with one attached hydrogen (secondary N) is 1. The summed E-state index contributed by atoms with van der Waals surface area (Å²) in [7, 11) is 0. The van der Waals surface area contributed by atoms with Crippen LogP contribution in [0, 0.1) is 20.8 Å². The van der Waals surface area contributed by atoms with Gasteiger partial charge in [0.05, 0.1) is 11.9 Å². The number of carbonyl (C=O) groups is 3. The first kappa shape index (κ1) is 29.2. The van der Waals surface area contributed by atoms with Gasteiger partial charge in [-0.1, -0.05) is 42.1 Å². The zero-order valence-corrected chi connectivity index (χ0v) is 24.4. The molecule has 1 aliphatic heterocycles. The lowest BCUT2D eigenvalue weighted by molar-refractivity contribution is -0.145. The number of hydrogen-bond donors (Lipinski definition) is 1. The number of imide groups is 1. The van der Waals surface area contributed by atoms with Crippen LogP contribution < -0.4 is 14.8 Å². The Morgan fingerprint density at radius 1 is 0.975 bits per heavy atom. The Kier molecular flexibility index (Phi) is 9.53. The molecule has 7 nitrogen and oxygen atoms in total. The van der Waals surface area contributed by atoms with Crippen molar-refractivity contribution in [1.82, 2.24) is 5.32 Å². The lowest BCUT2D eigenvalue weighted by Crippen LogP contribution is -2.25. The standard InChI is InChI=1S/C32H35NO6S/c1-19-15-27(37-14-13-21(3)39-23(5)34)16-20(2)30(19)28-8-6-7-25(22(28)4)18-38-26-11-9-24(10-12-26)17-29-31(35)33-32(36)40-29/h6-12,15-16,21,29H,13-14,17-18H2,1-5H3,(H,33,35,36)/t21-,29?/m1/s1. The summed E-state index contributed by atoms with van der Waals surface area (Å²) in [5.41, 5.74) is 7.80. The molecule has 1 heterocycles. The van der Waals surface area contributed by atoms with E-state index in [0.29, 0.717) is 26.1 Å². The lowest BCUT2D eigenvalue weighted by atomic mass is 9.90. The molecule has 0 radical (unpaired) electrons. The largest absolute Gasteiger partial charge is 0.493 e. The molecule has 0 saturated carbocycles. The average molecular weight is 562 g/mol. The number of rotatable bonds is 11. The first-order valence-corrected chi connectivity index (χ1v) is 14.2. The van der Waals surface area contributed by atoms with Gasteiger partial charge in [-0.25, -0.2) is 0 Å². The summed E-state index contributed by atoms with van der Waals surface area (Å²) in [5, 5.41) is 1.66. The average Bonchev–Trinajstić information content (AvgIpc) is 3.20. The summed E-state index contributed by atoms with van der Waals surface area (Å²) >= 11 is 1.04. The van der Waals surface area contributed by atoms with Gasteiger partial charge in [-0.2, -0.15) is 0 Å². The van der Waals surface area contributed by atoms with Crippen LogP contribution in [0.5, 0.6) is 11.5 Å². The van der Waals surface area contributed by atoms with Crippen LogP contribution in [0.2, 0.25) is 0 Å². The summed E-state index contributed by atoms with van der Waals surface area (Å²) in [6, 6.07) is 18.0. The minimum atomic E-state index is -0.381. The fraction of sp³-hybridized carbons (Fsp3) is 0.344. The Morgan fingerprint density at radius 3 is 2.30 bits per heavy atom. The van der Waals surface area contributed by atoms with Crippen molar-refractivity contribution in [3.63, 3.8) is 0 Å². The molecule has 3 aromatic rings. The molecule has 3 aromatic carbocycles. The number of aryl methyl sites for hydroxylation is 2. The van der Waals surface area contributed by atoms with Gasteiger partial charge in [-0.15, -0.1) is 0 Å². The third kappa shape index (κ3) is 7.45. The van der Waals surface area contributed by atoms with E-state index in [0.717, 1.165) is 56.6 Å². The maximum absolute atomic E-state index is 11.8. The van der Waals surface area contributed by atoms with Crippen LogP contribution in [0.25, 0.3) is 11.1 Å². The van der Waals surface area contributed by atoms with E-state index in [1.165, 1.54) is 12.5 Å². The van der Waals surface area contributed by atoms with E-state index < -0.39 is 0 Å². The predicted molar refractivity (Wildman–Crippen MR) is 157 cm³/mol. The van der Waals surface area contributed by atoms with Gasteiger partial charge >= 0.3 is 5.97 Å². The first-order chi connectivity index (χ1) is 19.1. The summed E-state index contributed by atoms with van der Waals surface area (Å²) in [5.74, 6) is 1.02. The summed E-state index contributed by atoms with van der Waals surface area (Å²) in [6.45, 7) is 10.5. The molecule has 1 fully saturated rings. The minimum Gasteiger partial charge on any atom is -0.493 e. The first-order valence-electron chi connectivity index (χ1n) is 13.3. The van der Waals surface area contributed by atoms with Crippen molar-refractivity contribution in [3.8, 4) is 22.6 Å². The summed E-state index contributed by atoms with van der Waals surface area (Å²) in [6.07, 6.45) is 0.941. The topological polar surface area (TPSA) is 90.9 Å². The number of benzene rings is 3. The van der Waals surface area contributed by atoms with Gasteiger partial charge in [0.1, 0.15) is 24.2 Å². The third-order valence-corrected chi connectivity index (χ3v) is 7.87. The van der Waals surface area contributed by atoms with Gasteiger partial charge < -0.3 is 14.2 Å². The highest BCUT2D eigenvalue weighted by molar-refractivity contribution is 8.15. The fourth-order valence-corrected chi connectivity index (χ4v) is 5.71.